The number of rotatable bonds is 4. The van der Waals surface area contributed by atoms with E-state index >= 15 is 0 Å². The number of hydrogen-bond donors (Lipinski definition) is 2. The molecule has 3 aromatic rings. The molecule has 5 rings (SSSR count). The standard InChI is InChI=1S/C26H23Cl2N3O2S/c1-3-15-4-11-19(12-5-15)31-25(34)30-23-20-14-17(28)8-13-21(20)33-26(31,2)22(23)24(32)29-18-9-6-16(27)7-10-18/h4-14,22-23H,3H2,1-2H3,(H,29,32)(H,30,34)/t22-,23+,26+/m1/s1. The normalized spacial score (nSPS) is 22.9. The summed E-state index contributed by atoms with van der Waals surface area (Å²) in [4.78, 5) is 15.7. The molecule has 2 bridgehead atoms. The van der Waals surface area contributed by atoms with Crippen molar-refractivity contribution < 1.29 is 9.53 Å². The molecule has 2 heterocycles. The zero-order valence-electron chi connectivity index (χ0n) is 18.6. The van der Waals surface area contributed by atoms with Crippen LogP contribution in [0.4, 0.5) is 11.4 Å². The SMILES string of the molecule is CCc1ccc(N2C(=S)N[C@H]3c4cc(Cl)ccc4O[C@@]2(C)[C@H]3C(=O)Nc2ccc(Cl)cc2)cc1. The van der Waals surface area contributed by atoms with Gasteiger partial charge in [0.15, 0.2) is 10.8 Å². The summed E-state index contributed by atoms with van der Waals surface area (Å²) in [6, 6.07) is 20.2. The average Bonchev–Trinajstić information content (AvgIpc) is 2.81. The monoisotopic (exact) mass is 511 g/mol. The molecule has 2 aliphatic heterocycles. The van der Waals surface area contributed by atoms with Gasteiger partial charge in [0.1, 0.15) is 11.7 Å². The Bertz CT molecular complexity index is 1270. The largest absolute Gasteiger partial charge is 0.467 e. The van der Waals surface area contributed by atoms with Gasteiger partial charge in [-0.2, -0.15) is 0 Å². The molecule has 1 saturated heterocycles. The predicted octanol–water partition coefficient (Wildman–Crippen LogP) is 6.36. The fraction of sp³-hybridized carbons (Fsp3) is 0.231. The van der Waals surface area contributed by atoms with Crippen LogP contribution in [0.2, 0.25) is 10.0 Å². The van der Waals surface area contributed by atoms with Gasteiger partial charge in [0.05, 0.1) is 6.04 Å². The summed E-state index contributed by atoms with van der Waals surface area (Å²) in [5, 5.41) is 8.06. The molecule has 0 saturated carbocycles. The van der Waals surface area contributed by atoms with E-state index < -0.39 is 17.7 Å². The summed E-state index contributed by atoms with van der Waals surface area (Å²) in [5.74, 6) is -0.185. The highest BCUT2D eigenvalue weighted by Crippen LogP contribution is 2.50. The van der Waals surface area contributed by atoms with E-state index in [9.17, 15) is 4.79 Å². The fourth-order valence-corrected chi connectivity index (χ4v) is 5.50. The third kappa shape index (κ3) is 3.90. The molecule has 8 heteroatoms. The highest BCUT2D eigenvalue weighted by atomic mass is 35.5. The molecule has 3 atom stereocenters. The van der Waals surface area contributed by atoms with Crippen LogP contribution in [-0.4, -0.2) is 16.7 Å². The van der Waals surface area contributed by atoms with Gasteiger partial charge in [-0.25, -0.2) is 0 Å². The lowest BCUT2D eigenvalue weighted by molar-refractivity contribution is -0.130. The van der Waals surface area contributed by atoms with Gasteiger partial charge < -0.3 is 15.4 Å². The number of aryl methyl sites for hydroxylation is 1. The van der Waals surface area contributed by atoms with Crippen molar-refractivity contribution in [2.75, 3.05) is 10.2 Å². The molecule has 0 spiro atoms. The van der Waals surface area contributed by atoms with Crippen LogP contribution in [0.5, 0.6) is 5.75 Å². The average molecular weight is 512 g/mol. The molecule has 0 radical (unpaired) electrons. The zero-order chi connectivity index (χ0) is 24.0. The summed E-state index contributed by atoms with van der Waals surface area (Å²) < 4.78 is 6.59. The van der Waals surface area contributed by atoms with E-state index in [-0.39, 0.29) is 5.91 Å². The smallest absolute Gasteiger partial charge is 0.236 e. The first-order chi connectivity index (χ1) is 16.3. The summed E-state index contributed by atoms with van der Waals surface area (Å²) >= 11 is 18.1. The molecule has 0 unspecified atom stereocenters. The van der Waals surface area contributed by atoms with Gasteiger partial charge in [-0.3, -0.25) is 9.69 Å². The van der Waals surface area contributed by atoms with E-state index in [1.165, 1.54) is 5.56 Å². The Kier molecular flexibility index (Phi) is 5.92. The summed E-state index contributed by atoms with van der Waals surface area (Å²) in [6.45, 7) is 4.02. The fourth-order valence-electron chi connectivity index (χ4n) is 4.78. The quantitative estimate of drug-likeness (QED) is 0.399. The van der Waals surface area contributed by atoms with Crippen LogP contribution < -0.4 is 20.3 Å². The van der Waals surface area contributed by atoms with Gasteiger partial charge in [-0.1, -0.05) is 42.3 Å². The molecular weight excluding hydrogens is 489 g/mol. The number of carbonyl (C=O) groups is 1. The van der Waals surface area contributed by atoms with Crippen molar-refractivity contribution in [3.63, 3.8) is 0 Å². The highest BCUT2D eigenvalue weighted by molar-refractivity contribution is 7.80. The predicted molar refractivity (Wildman–Crippen MR) is 141 cm³/mol. The maximum Gasteiger partial charge on any atom is 0.236 e. The van der Waals surface area contributed by atoms with Crippen molar-refractivity contribution in [1.82, 2.24) is 5.32 Å². The molecule has 3 aromatic carbocycles. The number of hydrogen-bond acceptors (Lipinski definition) is 3. The van der Waals surface area contributed by atoms with E-state index in [1.807, 2.05) is 36.1 Å². The number of amides is 1. The van der Waals surface area contributed by atoms with Gasteiger partial charge in [0, 0.05) is 27.0 Å². The van der Waals surface area contributed by atoms with Crippen LogP contribution in [0.15, 0.2) is 66.7 Å². The van der Waals surface area contributed by atoms with Crippen molar-refractivity contribution in [1.29, 1.82) is 0 Å². The first-order valence-corrected chi connectivity index (χ1v) is 12.2. The minimum atomic E-state index is -1.09. The maximum absolute atomic E-state index is 13.8. The second-order valence-electron chi connectivity index (χ2n) is 8.60. The number of fused-ring (bicyclic) bond motifs is 4. The number of nitrogens with zero attached hydrogens (tertiary/aromatic N) is 1. The summed E-state index contributed by atoms with van der Waals surface area (Å²) in [5.41, 5.74) is 2.42. The van der Waals surface area contributed by atoms with Crippen LogP contribution >= 0.6 is 35.4 Å². The van der Waals surface area contributed by atoms with Crippen molar-refractivity contribution in [2.24, 2.45) is 5.92 Å². The van der Waals surface area contributed by atoms with Crippen LogP contribution in [0.3, 0.4) is 0 Å². The Hall–Kier alpha value is -2.80. The van der Waals surface area contributed by atoms with Crippen molar-refractivity contribution in [2.45, 2.75) is 32.0 Å². The van der Waals surface area contributed by atoms with E-state index in [2.05, 4.69) is 29.7 Å². The lowest BCUT2D eigenvalue weighted by Gasteiger charge is -2.56. The van der Waals surface area contributed by atoms with Crippen molar-refractivity contribution in [3.8, 4) is 5.75 Å². The third-order valence-electron chi connectivity index (χ3n) is 6.46. The summed E-state index contributed by atoms with van der Waals surface area (Å²) in [6.07, 6.45) is 0.930. The van der Waals surface area contributed by atoms with Crippen molar-refractivity contribution >= 4 is 57.8 Å². The number of carbonyl (C=O) groups excluding carboxylic acids is 1. The number of benzene rings is 3. The Morgan fingerprint density at radius 2 is 1.76 bits per heavy atom. The first kappa shape index (κ1) is 23.0. The lowest BCUT2D eigenvalue weighted by Crippen LogP contribution is -2.72. The second kappa shape index (κ2) is 8.77. The van der Waals surface area contributed by atoms with Gasteiger partial charge in [-0.05, 0) is 85.7 Å². The van der Waals surface area contributed by atoms with Crippen LogP contribution in [0, 0.1) is 5.92 Å². The molecule has 1 fully saturated rings. The van der Waals surface area contributed by atoms with Gasteiger partial charge in [0.2, 0.25) is 5.91 Å². The molecule has 0 aromatic heterocycles. The number of ether oxygens (including phenoxy) is 1. The molecule has 174 valence electrons. The topological polar surface area (TPSA) is 53.6 Å². The third-order valence-corrected chi connectivity index (χ3v) is 7.24. The maximum atomic E-state index is 13.8. The molecular formula is C26H23Cl2N3O2S. The van der Waals surface area contributed by atoms with E-state index in [4.69, 9.17) is 40.2 Å². The van der Waals surface area contributed by atoms with E-state index in [1.54, 1.807) is 30.3 Å². The molecule has 2 aliphatic rings. The molecule has 2 N–H and O–H groups in total. The van der Waals surface area contributed by atoms with Crippen LogP contribution in [-0.2, 0) is 11.2 Å². The highest BCUT2D eigenvalue weighted by Gasteiger charge is 2.59. The second-order valence-corrected chi connectivity index (χ2v) is 9.85. The Morgan fingerprint density at radius 1 is 1.09 bits per heavy atom. The van der Waals surface area contributed by atoms with Gasteiger partial charge >= 0.3 is 0 Å². The van der Waals surface area contributed by atoms with Crippen LogP contribution in [0.1, 0.15) is 31.0 Å². The van der Waals surface area contributed by atoms with Crippen LogP contribution in [0.25, 0.3) is 0 Å². The van der Waals surface area contributed by atoms with E-state index in [0.717, 1.165) is 17.7 Å². The number of anilines is 2. The van der Waals surface area contributed by atoms with E-state index in [0.29, 0.717) is 26.6 Å². The summed E-state index contributed by atoms with van der Waals surface area (Å²) in [7, 11) is 0. The molecule has 5 nitrogen and oxygen atoms in total. The Morgan fingerprint density at radius 3 is 2.44 bits per heavy atom. The number of nitrogens with one attached hydrogen (secondary N) is 2. The Labute approximate surface area is 214 Å². The van der Waals surface area contributed by atoms with Crippen molar-refractivity contribution in [3.05, 3.63) is 87.9 Å². The first-order valence-electron chi connectivity index (χ1n) is 11.0. The minimum absolute atomic E-state index is 0.203. The molecule has 1 amide bonds. The lowest BCUT2D eigenvalue weighted by atomic mass is 9.78. The van der Waals surface area contributed by atoms with Gasteiger partial charge in [-0.15, -0.1) is 0 Å². The number of thiocarbonyl (C=S) groups is 1. The molecule has 0 aliphatic carbocycles. The Balaban J connectivity index is 1.60. The van der Waals surface area contributed by atoms with Gasteiger partial charge in [0.25, 0.3) is 0 Å². The number of halogens is 2. The molecule has 34 heavy (non-hydrogen) atoms. The minimum Gasteiger partial charge on any atom is -0.467 e. The zero-order valence-corrected chi connectivity index (χ0v) is 21.0.